The summed E-state index contributed by atoms with van der Waals surface area (Å²) in [4.78, 5) is 2.68. The van der Waals surface area contributed by atoms with Gasteiger partial charge in [0.15, 0.2) is 0 Å². The lowest BCUT2D eigenvalue weighted by molar-refractivity contribution is 0.438. The zero-order valence-corrected chi connectivity index (χ0v) is 15.3. The predicted octanol–water partition coefficient (Wildman–Crippen LogP) is 4.26. The maximum Gasteiger partial charge on any atom is 0.276 e. The summed E-state index contributed by atoms with van der Waals surface area (Å²) in [6, 6.07) is 16.7. The van der Waals surface area contributed by atoms with Crippen LogP contribution in [0.5, 0.6) is 0 Å². The van der Waals surface area contributed by atoms with E-state index in [1.165, 1.54) is 19.3 Å². The highest BCUT2D eigenvalue weighted by molar-refractivity contribution is 7.89. The van der Waals surface area contributed by atoms with Gasteiger partial charge in [0.2, 0.25) is 0 Å². The van der Waals surface area contributed by atoms with Gasteiger partial charge in [-0.1, -0.05) is 67.3 Å². The van der Waals surface area contributed by atoms with E-state index in [1.54, 1.807) is 24.3 Å². The first-order valence-electron chi connectivity index (χ1n) is 8.78. The van der Waals surface area contributed by atoms with Crippen molar-refractivity contribution in [1.82, 2.24) is 4.83 Å². The van der Waals surface area contributed by atoms with Crippen LogP contribution in [0.15, 0.2) is 64.6 Å². The lowest BCUT2D eigenvalue weighted by atomic mass is 9.83. The highest BCUT2D eigenvalue weighted by Crippen LogP contribution is 2.27. The zero-order chi connectivity index (χ0) is 17.7. The quantitative estimate of drug-likeness (QED) is 0.643. The number of nitrogens with zero attached hydrogens (tertiary/aromatic N) is 1. The number of hydrazone groups is 1. The third-order valence-corrected chi connectivity index (χ3v) is 5.90. The van der Waals surface area contributed by atoms with Crippen LogP contribution in [-0.4, -0.2) is 14.1 Å². The first-order valence-corrected chi connectivity index (χ1v) is 10.3. The Hall–Kier alpha value is -2.14. The smallest absolute Gasteiger partial charge is 0.200 e. The van der Waals surface area contributed by atoms with Gasteiger partial charge in [-0.15, -0.1) is 0 Å². The average molecular weight is 356 g/mol. The third kappa shape index (κ3) is 4.48. The van der Waals surface area contributed by atoms with E-state index in [4.69, 9.17) is 0 Å². The summed E-state index contributed by atoms with van der Waals surface area (Å²) in [7, 11) is -3.66. The van der Waals surface area contributed by atoms with E-state index in [2.05, 4.69) is 9.93 Å². The molecule has 0 saturated heterocycles. The molecule has 0 bridgehead atoms. The molecule has 3 rings (SSSR count). The standard InChI is InChI=1S/C20H24N2O2S/c1-16-12-14-19(15-13-16)25(23,24)22-21-20(17-8-4-2-5-9-17)18-10-6-3-7-11-18/h2,4-5,8-9,12-15,18,22H,3,6-7,10-11H2,1H3/b21-20-. The molecule has 2 aromatic rings. The third-order valence-electron chi connectivity index (χ3n) is 4.68. The number of sulfonamides is 1. The van der Waals surface area contributed by atoms with Gasteiger partial charge in [0.1, 0.15) is 0 Å². The van der Waals surface area contributed by atoms with E-state index in [-0.39, 0.29) is 4.90 Å². The summed E-state index contributed by atoms with van der Waals surface area (Å²) in [5.74, 6) is 0.303. The molecule has 0 unspecified atom stereocenters. The summed E-state index contributed by atoms with van der Waals surface area (Å²) >= 11 is 0. The van der Waals surface area contributed by atoms with Crippen LogP contribution in [0.2, 0.25) is 0 Å². The number of hydrogen-bond donors (Lipinski definition) is 1. The fraction of sp³-hybridized carbons (Fsp3) is 0.350. The van der Waals surface area contributed by atoms with Gasteiger partial charge < -0.3 is 0 Å². The van der Waals surface area contributed by atoms with Crippen LogP contribution in [0.25, 0.3) is 0 Å². The molecule has 1 N–H and O–H groups in total. The Morgan fingerprint density at radius 2 is 1.60 bits per heavy atom. The van der Waals surface area contributed by atoms with Gasteiger partial charge in [-0.2, -0.15) is 18.4 Å². The second-order valence-corrected chi connectivity index (χ2v) is 8.27. The first kappa shape index (κ1) is 17.7. The molecule has 1 fully saturated rings. The molecule has 5 heteroatoms. The molecule has 1 aliphatic rings. The van der Waals surface area contributed by atoms with E-state index in [9.17, 15) is 8.42 Å². The van der Waals surface area contributed by atoms with Crippen molar-refractivity contribution in [3.05, 3.63) is 65.7 Å². The second-order valence-electron chi connectivity index (χ2n) is 6.61. The Kier molecular flexibility index (Phi) is 5.53. The number of nitrogens with one attached hydrogen (secondary N) is 1. The lowest BCUT2D eigenvalue weighted by Crippen LogP contribution is -2.25. The number of hydrogen-bond acceptors (Lipinski definition) is 3. The predicted molar refractivity (Wildman–Crippen MR) is 101 cm³/mol. The van der Waals surface area contributed by atoms with Crippen molar-refractivity contribution < 1.29 is 8.42 Å². The van der Waals surface area contributed by atoms with Crippen LogP contribution >= 0.6 is 0 Å². The van der Waals surface area contributed by atoms with Crippen molar-refractivity contribution >= 4 is 15.7 Å². The highest BCUT2D eigenvalue weighted by Gasteiger charge is 2.22. The van der Waals surface area contributed by atoms with Crippen LogP contribution in [-0.2, 0) is 10.0 Å². The topological polar surface area (TPSA) is 58.5 Å². The monoisotopic (exact) mass is 356 g/mol. The van der Waals surface area contributed by atoms with Crippen molar-refractivity contribution in [1.29, 1.82) is 0 Å². The van der Waals surface area contributed by atoms with Crippen molar-refractivity contribution in [2.45, 2.75) is 43.9 Å². The van der Waals surface area contributed by atoms with E-state index < -0.39 is 10.0 Å². The molecule has 25 heavy (non-hydrogen) atoms. The van der Waals surface area contributed by atoms with Gasteiger partial charge >= 0.3 is 0 Å². The fourth-order valence-electron chi connectivity index (χ4n) is 3.26. The molecular weight excluding hydrogens is 332 g/mol. The normalized spacial score (nSPS) is 16.6. The maximum atomic E-state index is 12.5. The van der Waals surface area contributed by atoms with Crippen LogP contribution < -0.4 is 4.83 Å². The van der Waals surface area contributed by atoms with Gasteiger partial charge in [-0.05, 0) is 37.5 Å². The van der Waals surface area contributed by atoms with E-state index >= 15 is 0 Å². The molecule has 1 saturated carbocycles. The van der Waals surface area contributed by atoms with Crippen LogP contribution in [0.3, 0.4) is 0 Å². The Labute approximate surface area is 150 Å². The summed E-state index contributed by atoms with van der Waals surface area (Å²) in [6.07, 6.45) is 5.69. The molecule has 0 spiro atoms. The molecule has 0 aliphatic heterocycles. The van der Waals surface area contributed by atoms with Gasteiger partial charge in [0.05, 0.1) is 10.6 Å². The Balaban J connectivity index is 1.88. The Morgan fingerprint density at radius 3 is 2.24 bits per heavy atom. The Bertz CT molecular complexity index is 822. The van der Waals surface area contributed by atoms with Crippen LogP contribution in [0, 0.1) is 12.8 Å². The number of aryl methyl sites for hydroxylation is 1. The summed E-state index contributed by atoms with van der Waals surface area (Å²) in [5, 5.41) is 4.37. The van der Waals surface area contributed by atoms with E-state index in [0.717, 1.165) is 29.7 Å². The van der Waals surface area contributed by atoms with Crippen molar-refractivity contribution in [3.8, 4) is 0 Å². The molecule has 0 heterocycles. The van der Waals surface area contributed by atoms with Gasteiger partial charge in [-0.3, -0.25) is 0 Å². The molecule has 0 amide bonds. The zero-order valence-electron chi connectivity index (χ0n) is 14.5. The summed E-state index contributed by atoms with van der Waals surface area (Å²) in [6.45, 7) is 1.93. The van der Waals surface area contributed by atoms with Crippen molar-refractivity contribution in [2.75, 3.05) is 0 Å². The first-order chi connectivity index (χ1) is 12.1. The SMILES string of the molecule is Cc1ccc(S(=O)(=O)N/N=C(/c2ccccc2)C2CCCCC2)cc1. The van der Waals surface area contributed by atoms with Gasteiger partial charge in [0, 0.05) is 5.92 Å². The van der Waals surface area contributed by atoms with E-state index in [0.29, 0.717) is 5.92 Å². The molecule has 2 aromatic carbocycles. The van der Waals surface area contributed by atoms with Crippen molar-refractivity contribution in [3.63, 3.8) is 0 Å². The molecule has 132 valence electrons. The average Bonchev–Trinajstić information content (AvgIpc) is 2.64. The number of rotatable bonds is 5. The maximum absolute atomic E-state index is 12.5. The number of benzene rings is 2. The largest absolute Gasteiger partial charge is 0.276 e. The highest BCUT2D eigenvalue weighted by atomic mass is 32.2. The lowest BCUT2D eigenvalue weighted by Gasteiger charge is -2.23. The molecule has 1 aliphatic carbocycles. The molecule has 0 radical (unpaired) electrons. The van der Waals surface area contributed by atoms with Gasteiger partial charge in [-0.25, -0.2) is 0 Å². The molecule has 0 atom stereocenters. The van der Waals surface area contributed by atoms with Crippen LogP contribution in [0.4, 0.5) is 0 Å². The minimum atomic E-state index is -3.66. The van der Waals surface area contributed by atoms with Crippen LogP contribution in [0.1, 0.15) is 43.2 Å². The minimum absolute atomic E-state index is 0.234. The molecule has 4 nitrogen and oxygen atoms in total. The fourth-order valence-corrected chi connectivity index (χ4v) is 4.07. The summed E-state index contributed by atoms with van der Waals surface area (Å²) in [5.41, 5.74) is 2.85. The van der Waals surface area contributed by atoms with Crippen molar-refractivity contribution in [2.24, 2.45) is 11.0 Å². The summed E-state index contributed by atoms with van der Waals surface area (Å²) < 4.78 is 25.1. The molecule has 0 aromatic heterocycles. The Morgan fingerprint density at radius 1 is 0.960 bits per heavy atom. The second kappa shape index (κ2) is 7.83. The van der Waals surface area contributed by atoms with Gasteiger partial charge in [0.25, 0.3) is 10.0 Å². The minimum Gasteiger partial charge on any atom is -0.200 e. The molecular formula is C20H24N2O2S. The van der Waals surface area contributed by atoms with E-state index in [1.807, 2.05) is 37.3 Å².